The van der Waals surface area contributed by atoms with Gasteiger partial charge in [-0.05, 0) is 32.0 Å². The van der Waals surface area contributed by atoms with Crippen LogP contribution in [0.25, 0.3) is 11.0 Å². The molecule has 116 valence electrons. The summed E-state index contributed by atoms with van der Waals surface area (Å²) in [6.45, 7) is 4.84. The zero-order valence-corrected chi connectivity index (χ0v) is 14.1. The molecule has 0 saturated carbocycles. The fourth-order valence-corrected chi connectivity index (χ4v) is 3.59. The minimum absolute atomic E-state index is 0.297. The first-order valence-corrected chi connectivity index (χ1v) is 9.24. The molecule has 0 aliphatic carbocycles. The zero-order valence-electron chi connectivity index (χ0n) is 11.8. The molecule has 2 aromatic rings. The number of benzene rings is 1. The predicted octanol–water partition coefficient (Wildman–Crippen LogP) is 2.47. The Kier molecular flexibility index (Phi) is 5.37. The van der Waals surface area contributed by atoms with Gasteiger partial charge in [0.1, 0.15) is 11.0 Å². The van der Waals surface area contributed by atoms with Crippen LogP contribution >= 0.6 is 23.3 Å². The molecule has 1 heterocycles. The maximum absolute atomic E-state index is 12.4. The molecule has 0 amide bonds. The monoisotopic (exact) mass is 348 g/mol. The van der Waals surface area contributed by atoms with Crippen LogP contribution < -0.4 is 10.0 Å². The third kappa shape index (κ3) is 3.82. The van der Waals surface area contributed by atoms with E-state index in [0.717, 1.165) is 24.7 Å². The summed E-state index contributed by atoms with van der Waals surface area (Å²) in [5.74, 6) is 0. The van der Waals surface area contributed by atoms with Crippen LogP contribution in [-0.4, -0.2) is 35.5 Å². The van der Waals surface area contributed by atoms with Crippen LogP contribution in [0.15, 0.2) is 12.1 Å². The van der Waals surface area contributed by atoms with Gasteiger partial charge < -0.3 is 5.32 Å². The molecule has 1 atom stereocenters. The van der Waals surface area contributed by atoms with E-state index in [4.69, 9.17) is 11.6 Å². The van der Waals surface area contributed by atoms with Crippen molar-refractivity contribution < 1.29 is 8.42 Å². The number of rotatable bonds is 7. The van der Waals surface area contributed by atoms with E-state index in [1.54, 1.807) is 19.1 Å². The minimum atomic E-state index is -3.55. The molecule has 1 aromatic heterocycles. The number of fused-ring (bicyclic) bond motifs is 1. The van der Waals surface area contributed by atoms with Crippen LogP contribution in [-0.2, 0) is 10.0 Å². The quantitative estimate of drug-likeness (QED) is 0.751. The summed E-state index contributed by atoms with van der Waals surface area (Å²) >= 11 is 7.11. The van der Waals surface area contributed by atoms with E-state index >= 15 is 0 Å². The highest BCUT2D eigenvalue weighted by Crippen LogP contribution is 2.31. The molecule has 0 bridgehead atoms. The topological polar surface area (TPSA) is 84.0 Å². The summed E-state index contributed by atoms with van der Waals surface area (Å²) in [6, 6.07) is 3.33. The Bertz CT molecular complexity index is 717. The van der Waals surface area contributed by atoms with E-state index in [1.807, 2.05) is 6.92 Å². The fraction of sp³-hybridized carbons (Fsp3) is 0.500. The molecule has 0 spiro atoms. The molecule has 2 rings (SSSR count). The highest BCUT2D eigenvalue weighted by molar-refractivity contribution is 7.93. The molecule has 0 saturated heterocycles. The second kappa shape index (κ2) is 6.87. The Hall–Kier alpha value is -0.960. The normalized spacial score (nSPS) is 13.5. The second-order valence-electron chi connectivity index (χ2n) is 4.72. The smallest absolute Gasteiger partial charge is 0.236 e. The van der Waals surface area contributed by atoms with Crippen molar-refractivity contribution in [3.63, 3.8) is 0 Å². The molecule has 0 aliphatic heterocycles. The third-order valence-electron chi connectivity index (χ3n) is 3.01. The molecular weight excluding hydrogens is 332 g/mol. The van der Waals surface area contributed by atoms with Crippen LogP contribution in [0, 0.1) is 0 Å². The van der Waals surface area contributed by atoms with Gasteiger partial charge in [-0.15, -0.1) is 0 Å². The highest BCUT2D eigenvalue weighted by Gasteiger charge is 2.23. The lowest BCUT2D eigenvalue weighted by Gasteiger charge is -2.16. The third-order valence-corrected chi connectivity index (χ3v) is 5.58. The molecule has 0 aliphatic rings. The SMILES string of the molecule is CCCNCC(C)S(=O)(=O)Nc1c(Cl)ccc2nsnc12. The van der Waals surface area contributed by atoms with Crippen molar-refractivity contribution in [1.82, 2.24) is 14.1 Å². The fourth-order valence-electron chi connectivity index (χ4n) is 1.76. The first kappa shape index (κ1) is 16.4. The van der Waals surface area contributed by atoms with E-state index in [2.05, 4.69) is 18.8 Å². The second-order valence-corrected chi connectivity index (χ2v) is 7.75. The zero-order chi connectivity index (χ0) is 15.5. The van der Waals surface area contributed by atoms with Crippen LogP contribution in [0.5, 0.6) is 0 Å². The Morgan fingerprint density at radius 3 is 2.86 bits per heavy atom. The van der Waals surface area contributed by atoms with Gasteiger partial charge >= 0.3 is 0 Å². The Morgan fingerprint density at radius 1 is 1.38 bits per heavy atom. The van der Waals surface area contributed by atoms with Crippen molar-refractivity contribution in [3.05, 3.63) is 17.2 Å². The van der Waals surface area contributed by atoms with Gasteiger partial charge in [0.2, 0.25) is 10.0 Å². The molecular formula is C12H17ClN4O2S2. The lowest BCUT2D eigenvalue weighted by atomic mass is 10.3. The molecule has 1 unspecified atom stereocenters. The van der Waals surface area contributed by atoms with Crippen LogP contribution in [0.1, 0.15) is 20.3 Å². The van der Waals surface area contributed by atoms with Gasteiger partial charge in [-0.2, -0.15) is 8.75 Å². The lowest BCUT2D eigenvalue weighted by molar-refractivity contribution is 0.576. The number of sulfonamides is 1. The van der Waals surface area contributed by atoms with Crippen molar-refractivity contribution in [2.75, 3.05) is 17.8 Å². The van der Waals surface area contributed by atoms with Crippen molar-refractivity contribution in [2.24, 2.45) is 0 Å². The van der Waals surface area contributed by atoms with E-state index < -0.39 is 15.3 Å². The van der Waals surface area contributed by atoms with E-state index in [0.29, 0.717) is 28.3 Å². The first-order chi connectivity index (χ1) is 9.95. The van der Waals surface area contributed by atoms with Crippen LogP contribution in [0.2, 0.25) is 5.02 Å². The molecule has 6 nitrogen and oxygen atoms in total. The summed E-state index contributed by atoms with van der Waals surface area (Å²) in [6.07, 6.45) is 0.954. The van der Waals surface area contributed by atoms with Gasteiger partial charge in [-0.1, -0.05) is 18.5 Å². The van der Waals surface area contributed by atoms with Gasteiger partial charge in [0, 0.05) is 6.54 Å². The Morgan fingerprint density at radius 2 is 2.14 bits per heavy atom. The molecule has 2 N–H and O–H groups in total. The number of hydrogen-bond donors (Lipinski definition) is 2. The van der Waals surface area contributed by atoms with Gasteiger partial charge in [-0.3, -0.25) is 4.72 Å². The number of anilines is 1. The molecule has 21 heavy (non-hydrogen) atoms. The Balaban J connectivity index is 2.22. The molecule has 9 heteroatoms. The van der Waals surface area contributed by atoms with Gasteiger partial charge in [0.15, 0.2) is 0 Å². The molecule has 0 radical (unpaired) electrons. The van der Waals surface area contributed by atoms with E-state index in [1.165, 1.54) is 0 Å². The van der Waals surface area contributed by atoms with E-state index in [9.17, 15) is 8.42 Å². The predicted molar refractivity (Wildman–Crippen MR) is 87.6 cm³/mol. The number of aromatic nitrogens is 2. The summed E-state index contributed by atoms with van der Waals surface area (Å²) in [4.78, 5) is 0. The van der Waals surface area contributed by atoms with Crippen molar-refractivity contribution in [2.45, 2.75) is 25.5 Å². The number of hydrogen-bond acceptors (Lipinski definition) is 6. The maximum atomic E-state index is 12.4. The summed E-state index contributed by atoms with van der Waals surface area (Å²) in [7, 11) is -3.55. The summed E-state index contributed by atoms with van der Waals surface area (Å²) in [5, 5.41) is 2.83. The van der Waals surface area contributed by atoms with Crippen LogP contribution in [0.3, 0.4) is 0 Å². The van der Waals surface area contributed by atoms with Crippen molar-refractivity contribution in [3.8, 4) is 0 Å². The first-order valence-electron chi connectivity index (χ1n) is 6.58. The van der Waals surface area contributed by atoms with Gasteiger partial charge in [0.25, 0.3) is 0 Å². The average molecular weight is 349 g/mol. The summed E-state index contributed by atoms with van der Waals surface area (Å²) < 4.78 is 35.4. The highest BCUT2D eigenvalue weighted by atomic mass is 35.5. The van der Waals surface area contributed by atoms with Crippen molar-refractivity contribution >= 4 is 50.1 Å². The Labute approximate surface area is 133 Å². The van der Waals surface area contributed by atoms with E-state index in [-0.39, 0.29) is 0 Å². The standard InChI is InChI=1S/C12H17ClN4O2S2/c1-3-6-14-7-8(2)21(18,19)17-11-9(13)4-5-10-12(11)16-20-15-10/h4-5,8,14,17H,3,6-7H2,1-2H3. The number of halogens is 1. The minimum Gasteiger partial charge on any atom is -0.315 e. The largest absolute Gasteiger partial charge is 0.315 e. The van der Waals surface area contributed by atoms with Crippen molar-refractivity contribution in [1.29, 1.82) is 0 Å². The van der Waals surface area contributed by atoms with Crippen LogP contribution in [0.4, 0.5) is 5.69 Å². The lowest BCUT2D eigenvalue weighted by Crippen LogP contribution is -2.35. The van der Waals surface area contributed by atoms with Gasteiger partial charge in [-0.25, -0.2) is 8.42 Å². The summed E-state index contributed by atoms with van der Waals surface area (Å²) in [5.41, 5.74) is 1.40. The number of nitrogens with zero attached hydrogens (tertiary/aromatic N) is 2. The number of nitrogens with one attached hydrogen (secondary N) is 2. The average Bonchev–Trinajstić information content (AvgIpc) is 2.91. The maximum Gasteiger partial charge on any atom is 0.236 e. The van der Waals surface area contributed by atoms with Gasteiger partial charge in [0.05, 0.1) is 27.7 Å². The molecule has 0 fully saturated rings. The molecule has 1 aromatic carbocycles.